The van der Waals surface area contributed by atoms with E-state index in [1.807, 2.05) is 31.2 Å². The highest BCUT2D eigenvalue weighted by Gasteiger charge is 2.27. The average Bonchev–Trinajstić information content (AvgIpc) is 3.03. The van der Waals surface area contributed by atoms with E-state index >= 15 is 0 Å². The zero-order valence-electron chi connectivity index (χ0n) is 16.0. The number of carbonyl (C=O) groups is 1. The molecule has 1 aliphatic heterocycles. The van der Waals surface area contributed by atoms with Gasteiger partial charge in [-0.1, -0.05) is 49.7 Å². The third-order valence-corrected chi connectivity index (χ3v) is 6.44. The van der Waals surface area contributed by atoms with Crippen molar-refractivity contribution in [2.45, 2.75) is 25.7 Å². The Hall–Kier alpha value is -2.77. The molecule has 0 spiro atoms. The molecule has 0 saturated heterocycles. The van der Waals surface area contributed by atoms with Gasteiger partial charge in [0.2, 0.25) is 15.9 Å². The van der Waals surface area contributed by atoms with Crippen LogP contribution in [0.5, 0.6) is 0 Å². The number of aryl methyl sites for hydroxylation is 1. The first-order chi connectivity index (χ1) is 13.3. The molecule has 0 aromatic heterocycles. The minimum absolute atomic E-state index is 0.0977. The molecular formula is C21H22N2O4S. The SMILES string of the molecule is CCN(CC)S(=O)(=O)c1cccc(C2=N/C(=C\c3cccc(C)c3)C(=O)O2)c1. The molecule has 0 atom stereocenters. The lowest BCUT2D eigenvalue weighted by atomic mass is 10.1. The van der Waals surface area contributed by atoms with Crippen molar-refractivity contribution in [3.63, 3.8) is 0 Å². The van der Waals surface area contributed by atoms with Crippen LogP contribution in [0.25, 0.3) is 6.08 Å². The first-order valence-electron chi connectivity index (χ1n) is 9.05. The van der Waals surface area contributed by atoms with E-state index in [1.54, 1.807) is 32.1 Å². The number of ether oxygens (including phenoxy) is 1. The van der Waals surface area contributed by atoms with Crippen molar-refractivity contribution in [1.29, 1.82) is 0 Å². The maximum atomic E-state index is 12.7. The largest absolute Gasteiger partial charge is 0.402 e. The molecule has 0 N–H and O–H groups in total. The molecule has 146 valence electrons. The molecule has 0 fully saturated rings. The van der Waals surface area contributed by atoms with Crippen LogP contribution in [-0.2, 0) is 19.6 Å². The minimum atomic E-state index is -3.61. The number of sulfonamides is 1. The predicted molar refractivity (Wildman–Crippen MR) is 108 cm³/mol. The number of aliphatic imine (C=N–C) groups is 1. The second-order valence-corrected chi connectivity index (χ2v) is 8.31. The summed E-state index contributed by atoms with van der Waals surface area (Å²) in [5.41, 5.74) is 2.53. The van der Waals surface area contributed by atoms with Gasteiger partial charge < -0.3 is 4.74 Å². The first kappa shape index (κ1) is 20.0. The summed E-state index contributed by atoms with van der Waals surface area (Å²) in [6, 6.07) is 14.0. The average molecular weight is 398 g/mol. The minimum Gasteiger partial charge on any atom is -0.402 e. The van der Waals surface area contributed by atoms with Crippen LogP contribution in [0.1, 0.15) is 30.5 Å². The standard InChI is InChI=1S/C21H22N2O4S/c1-4-23(5-2)28(25,26)18-11-7-10-17(14-18)20-22-19(21(24)27-20)13-16-9-6-8-15(3)12-16/h6-14H,4-5H2,1-3H3/b19-13-. The van der Waals surface area contributed by atoms with Crippen LogP contribution in [0.15, 0.2) is 64.1 Å². The monoisotopic (exact) mass is 398 g/mol. The van der Waals surface area contributed by atoms with Crippen molar-refractivity contribution in [1.82, 2.24) is 4.31 Å². The van der Waals surface area contributed by atoms with Crippen molar-refractivity contribution in [2.24, 2.45) is 4.99 Å². The number of rotatable bonds is 6. The van der Waals surface area contributed by atoms with Crippen LogP contribution in [-0.4, -0.2) is 37.7 Å². The molecule has 1 heterocycles. The van der Waals surface area contributed by atoms with Crippen LogP contribution in [0.2, 0.25) is 0 Å². The summed E-state index contributed by atoms with van der Waals surface area (Å²) in [4.78, 5) is 16.6. The highest BCUT2D eigenvalue weighted by molar-refractivity contribution is 7.89. The molecule has 7 heteroatoms. The van der Waals surface area contributed by atoms with Crippen molar-refractivity contribution in [2.75, 3.05) is 13.1 Å². The van der Waals surface area contributed by atoms with Crippen LogP contribution >= 0.6 is 0 Å². The lowest BCUT2D eigenvalue weighted by Gasteiger charge is -2.18. The normalized spacial score (nSPS) is 15.8. The molecule has 0 aliphatic carbocycles. The molecule has 0 radical (unpaired) electrons. The van der Waals surface area contributed by atoms with Gasteiger partial charge in [-0.3, -0.25) is 0 Å². The Bertz CT molecular complexity index is 1070. The number of cyclic esters (lactones) is 1. The molecular weight excluding hydrogens is 376 g/mol. The summed E-state index contributed by atoms with van der Waals surface area (Å²) in [5, 5.41) is 0. The van der Waals surface area contributed by atoms with Gasteiger partial charge in [-0.15, -0.1) is 0 Å². The second kappa shape index (κ2) is 8.08. The van der Waals surface area contributed by atoms with Gasteiger partial charge in [-0.2, -0.15) is 4.31 Å². The number of carbonyl (C=O) groups excluding carboxylic acids is 1. The van der Waals surface area contributed by atoms with Crippen LogP contribution in [0.4, 0.5) is 0 Å². The molecule has 0 saturated carbocycles. The number of esters is 1. The fraction of sp³-hybridized carbons (Fsp3) is 0.238. The van der Waals surface area contributed by atoms with Gasteiger partial charge in [-0.25, -0.2) is 18.2 Å². The van der Waals surface area contributed by atoms with Crippen LogP contribution in [0, 0.1) is 6.92 Å². The zero-order chi connectivity index (χ0) is 20.3. The van der Waals surface area contributed by atoms with E-state index in [-0.39, 0.29) is 16.5 Å². The number of nitrogens with zero attached hydrogens (tertiary/aromatic N) is 2. The quantitative estimate of drug-likeness (QED) is 0.552. The fourth-order valence-electron chi connectivity index (χ4n) is 2.95. The van der Waals surface area contributed by atoms with Gasteiger partial charge in [-0.05, 0) is 36.8 Å². The predicted octanol–water partition coefficient (Wildman–Crippen LogP) is 3.37. The van der Waals surface area contributed by atoms with Crippen molar-refractivity contribution in [3.8, 4) is 0 Å². The molecule has 6 nitrogen and oxygen atoms in total. The highest BCUT2D eigenvalue weighted by Crippen LogP contribution is 2.22. The van der Waals surface area contributed by atoms with Gasteiger partial charge in [0.1, 0.15) is 0 Å². The van der Waals surface area contributed by atoms with Gasteiger partial charge in [0.15, 0.2) is 5.70 Å². The molecule has 3 rings (SSSR count). The van der Waals surface area contributed by atoms with E-state index in [1.165, 1.54) is 16.4 Å². The summed E-state index contributed by atoms with van der Waals surface area (Å²) in [7, 11) is -3.61. The first-order valence-corrected chi connectivity index (χ1v) is 10.5. The third-order valence-electron chi connectivity index (χ3n) is 4.39. The van der Waals surface area contributed by atoms with Gasteiger partial charge in [0.25, 0.3) is 0 Å². The Morgan fingerprint density at radius 1 is 1.07 bits per heavy atom. The number of hydrogen-bond donors (Lipinski definition) is 0. The second-order valence-electron chi connectivity index (χ2n) is 6.37. The number of benzene rings is 2. The van der Waals surface area contributed by atoms with Crippen LogP contribution in [0.3, 0.4) is 0 Å². The van der Waals surface area contributed by atoms with E-state index in [0.29, 0.717) is 18.7 Å². The number of hydrogen-bond acceptors (Lipinski definition) is 5. The Balaban J connectivity index is 1.95. The summed E-state index contributed by atoms with van der Waals surface area (Å²) < 4.78 is 32.1. The fourth-order valence-corrected chi connectivity index (χ4v) is 4.46. The van der Waals surface area contributed by atoms with Gasteiger partial charge in [0.05, 0.1) is 4.90 Å². The van der Waals surface area contributed by atoms with Crippen LogP contribution < -0.4 is 0 Å². The smallest absolute Gasteiger partial charge is 0.363 e. The molecule has 2 aromatic carbocycles. The summed E-state index contributed by atoms with van der Waals surface area (Å²) in [5.74, 6) is -0.464. The Labute approximate surface area is 165 Å². The Kier molecular flexibility index (Phi) is 5.76. The molecule has 1 aliphatic rings. The lowest BCUT2D eigenvalue weighted by Crippen LogP contribution is -2.30. The summed E-state index contributed by atoms with van der Waals surface area (Å²) >= 11 is 0. The van der Waals surface area contributed by atoms with E-state index in [0.717, 1.165) is 11.1 Å². The molecule has 0 unspecified atom stereocenters. The zero-order valence-corrected chi connectivity index (χ0v) is 16.9. The maximum Gasteiger partial charge on any atom is 0.363 e. The Morgan fingerprint density at radius 2 is 1.79 bits per heavy atom. The maximum absolute atomic E-state index is 12.7. The topological polar surface area (TPSA) is 76.0 Å². The van der Waals surface area contributed by atoms with Gasteiger partial charge in [0, 0.05) is 18.7 Å². The van der Waals surface area contributed by atoms with Crippen molar-refractivity contribution in [3.05, 3.63) is 70.9 Å². The van der Waals surface area contributed by atoms with E-state index in [2.05, 4.69) is 4.99 Å². The van der Waals surface area contributed by atoms with E-state index in [9.17, 15) is 13.2 Å². The van der Waals surface area contributed by atoms with Gasteiger partial charge >= 0.3 is 5.97 Å². The van der Waals surface area contributed by atoms with Crippen molar-refractivity contribution >= 4 is 28.0 Å². The van der Waals surface area contributed by atoms with Crippen molar-refractivity contribution < 1.29 is 17.9 Å². The molecule has 2 aromatic rings. The summed E-state index contributed by atoms with van der Waals surface area (Å²) in [6.07, 6.45) is 1.65. The summed E-state index contributed by atoms with van der Waals surface area (Å²) in [6.45, 7) is 6.29. The van der Waals surface area contributed by atoms with E-state index in [4.69, 9.17) is 4.74 Å². The lowest BCUT2D eigenvalue weighted by molar-refractivity contribution is -0.129. The Morgan fingerprint density at radius 3 is 2.46 bits per heavy atom. The molecule has 28 heavy (non-hydrogen) atoms. The molecule has 0 bridgehead atoms. The highest BCUT2D eigenvalue weighted by atomic mass is 32.2. The third kappa shape index (κ3) is 4.05. The molecule has 0 amide bonds. The van der Waals surface area contributed by atoms with E-state index < -0.39 is 16.0 Å².